The molecule has 0 heterocycles. The molecule has 1 saturated carbocycles. The van der Waals surface area contributed by atoms with Crippen molar-refractivity contribution in [1.82, 2.24) is 0 Å². The lowest BCUT2D eigenvalue weighted by atomic mass is 10.0. The average Bonchev–Trinajstić information content (AvgIpc) is 2.32. The molecule has 14 heavy (non-hydrogen) atoms. The fourth-order valence-electron chi connectivity index (χ4n) is 1.71. The van der Waals surface area contributed by atoms with Gasteiger partial charge in [-0.15, -0.1) is 5.73 Å². The fourth-order valence-corrected chi connectivity index (χ4v) is 1.71. The Bertz CT molecular complexity index is 244. The summed E-state index contributed by atoms with van der Waals surface area (Å²) >= 11 is 0. The molecule has 1 heteroatoms. The highest BCUT2D eigenvalue weighted by atomic mass is 16.3. The minimum atomic E-state index is -0.230. The van der Waals surface area contributed by atoms with Gasteiger partial charge in [-0.3, -0.25) is 0 Å². The number of hydrogen-bond donors (Lipinski definition) is 1. The maximum absolute atomic E-state index is 9.87. The van der Waals surface area contributed by atoms with Crippen LogP contribution in [0.1, 0.15) is 52.9 Å². The van der Waals surface area contributed by atoms with Crippen molar-refractivity contribution in [2.24, 2.45) is 5.92 Å². The van der Waals surface area contributed by atoms with E-state index in [-0.39, 0.29) is 6.10 Å². The highest BCUT2D eigenvalue weighted by Crippen LogP contribution is 2.22. The summed E-state index contributed by atoms with van der Waals surface area (Å²) in [5.41, 5.74) is 5.79. The van der Waals surface area contributed by atoms with Crippen molar-refractivity contribution in [3.63, 3.8) is 0 Å². The van der Waals surface area contributed by atoms with Gasteiger partial charge in [0.1, 0.15) is 0 Å². The standard InChI is InChI=1S/C13H22O/c1-10(2)11(3)9-12-7-5-4-6-8-13(12)14/h10,13-14H,4-8H2,1-3H3. The van der Waals surface area contributed by atoms with Crippen molar-refractivity contribution < 1.29 is 5.11 Å². The summed E-state index contributed by atoms with van der Waals surface area (Å²) in [6.07, 6.45) is 5.35. The average molecular weight is 194 g/mol. The molecule has 1 nitrogen and oxygen atoms in total. The Morgan fingerprint density at radius 1 is 1.36 bits per heavy atom. The summed E-state index contributed by atoms with van der Waals surface area (Å²) in [4.78, 5) is 0. The first-order valence-corrected chi connectivity index (χ1v) is 5.75. The van der Waals surface area contributed by atoms with Crippen molar-refractivity contribution >= 4 is 0 Å². The van der Waals surface area contributed by atoms with E-state index in [0.717, 1.165) is 24.8 Å². The molecule has 1 N–H and O–H groups in total. The van der Waals surface area contributed by atoms with Crippen LogP contribution in [0.2, 0.25) is 0 Å². The van der Waals surface area contributed by atoms with Gasteiger partial charge < -0.3 is 5.11 Å². The van der Waals surface area contributed by atoms with Gasteiger partial charge in [0.25, 0.3) is 0 Å². The third kappa shape index (κ3) is 3.32. The summed E-state index contributed by atoms with van der Waals surface area (Å²) in [6.45, 7) is 6.45. The third-order valence-electron chi connectivity index (χ3n) is 3.05. The predicted octanol–water partition coefficient (Wildman–Crippen LogP) is 3.44. The van der Waals surface area contributed by atoms with Crippen LogP contribution in [-0.4, -0.2) is 11.2 Å². The quantitative estimate of drug-likeness (QED) is 0.501. The number of hydrogen-bond acceptors (Lipinski definition) is 1. The Kier molecular flexibility index (Phi) is 4.44. The van der Waals surface area contributed by atoms with E-state index in [9.17, 15) is 5.11 Å². The van der Waals surface area contributed by atoms with Crippen molar-refractivity contribution in [3.05, 3.63) is 16.9 Å². The highest BCUT2D eigenvalue weighted by Gasteiger charge is 2.14. The Labute approximate surface area is 87.5 Å². The van der Waals surface area contributed by atoms with Crippen molar-refractivity contribution in [3.8, 4) is 0 Å². The van der Waals surface area contributed by atoms with Crippen LogP contribution >= 0.6 is 0 Å². The Morgan fingerprint density at radius 2 is 2.07 bits per heavy atom. The van der Waals surface area contributed by atoms with E-state index >= 15 is 0 Å². The van der Waals surface area contributed by atoms with E-state index in [0.29, 0.717) is 5.92 Å². The molecule has 1 rings (SSSR count). The van der Waals surface area contributed by atoms with Gasteiger partial charge in [-0.25, -0.2) is 0 Å². The molecule has 1 aliphatic carbocycles. The van der Waals surface area contributed by atoms with Crippen LogP contribution in [0.4, 0.5) is 0 Å². The molecule has 0 aromatic rings. The summed E-state index contributed by atoms with van der Waals surface area (Å²) in [7, 11) is 0. The molecule has 1 aliphatic rings. The van der Waals surface area contributed by atoms with Gasteiger partial charge in [-0.05, 0) is 37.7 Å². The summed E-state index contributed by atoms with van der Waals surface area (Å²) in [5.74, 6) is 0.540. The van der Waals surface area contributed by atoms with E-state index < -0.39 is 0 Å². The van der Waals surface area contributed by atoms with Crippen molar-refractivity contribution in [1.29, 1.82) is 0 Å². The second-order valence-corrected chi connectivity index (χ2v) is 4.60. The van der Waals surface area contributed by atoms with Crippen LogP contribution in [-0.2, 0) is 0 Å². The van der Waals surface area contributed by atoms with Crippen LogP contribution in [0.5, 0.6) is 0 Å². The predicted molar refractivity (Wildman–Crippen MR) is 60.1 cm³/mol. The molecule has 1 atom stereocenters. The smallest absolute Gasteiger partial charge is 0.0823 e. The lowest BCUT2D eigenvalue weighted by Crippen LogP contribution is -2.07. The second-order valence-electron chi connectivity index (χ2n) is 4.60. The summed E-state index contributed by atoms with van der Waals surface area (Å²) in [5, 5.41) is 9.87. The van der Waals surface area contributed by atoms with E-state index in [4.69, 9.17) is 0 Å². The summed E-state index contributed by atoms with van der Waals surface area (Å²) < 4.78 is 0. The zero-order valence-corrected chi connectivity index (χ0v) is 9.64. The zero-order chi connectivity index (χ0) is 10.6. The minimum Gasteiger partial charge on any atom is -0.388 e. The number of aliphatic hydroxyl groups excluding tert-OH is 1. The van der Waals surface area contributed by atoms with Crippen LogP contribution < -0.4 is 0 Å². The number of rotatable bonds is 1. The SMILES string of the molecule is CC(=C=C1CCCCCC1O)C(C)C. The second kappa shape index (κ2) is 5.38. The molecule has 1 unspecified atom stereocenters. The molecule has 0 spiro atoms. The Hall–Kier alpha value is -0.520. The van der Waals surface area contributed by atoms with Gasteiger partial charge in [0.05, 0.1) is 6.10 Å². The van der Waals surface area contributed by atoms with E-state index in [1.54, 1.807) is 0 Å². The van der Waals surface area contributed by atoms with Gasteiger partial charge in [0.2, 0.25) is 0 Å². The molecule has 0 saturated heterocycles. The normalized spacial score (nSPS) is 23.2. The summed E-state index contributed by atoms with van der Waals surface area (Å²) in [6, 6.07) is 0. The van der Waals surface area contributed by atoms with E-state index in [2.05, 4.69) is 26.5 Å². The van der Waals surface area contributed by atoms with Crippen molar-refractivity contribution in [2.75, 3.05) is 0 Å². The first kappa shape index (κ1) is 11.6. The molecule has 0 aromatic carbocycles. The molecular weight excluding hydrogens is 172 g/mol. The lowest BCUT2D eigenvalue weighted by molar-refractivity contribution is 0.199. The fraction of sp³-hybridized carbons (Fsp3) is 0.769. The van der Waals surface area contributed by atoms with Crippen molar-refractivity contribution in [2.45, 2.75) is 59.0 Å². The lowest BCUT2D eigenvalue weighted by Gasteiger charge is -2.09. The van der Waals surface area contributed by atoms with Gasteiger partial charge >= 0.3 is 0 Å². The largest absolute Gasteiger partial charge is 0.388 e. The number of aliphatic hydroxyl groups is 1. The molecule has 0 amide bonds. The maximum atomic E-state index is 9.87. The topological polar surface area (TPSA) is 20.2 Å². The molecule has 1 fully saturated rings. The molecule has 80 valence electrons. The minimum absolute atomic E-state index is 0.230. The Morgan fingerprint density at radius 3 is 2.71 bits per heavy atom. The van der Waals surface area contributed by atoms with Gasteiger partial charge in [0.15, 0.2) is 0 Å². The first-order chi connectivity index (χ1) is 6.61. The van der Waals surface area contributed by atoms with Gasteiger partial charge in [-0.1, -0.05) is 26.7 Å². The molecule has 0 aromatic heterocycles. The van der Waals surface area contributed by atoms with Gasteiger partial charge in [-0.2, -0.15) is 0 Å². The van der Waals surface area contributed by atoms with Crippen LogP contribution in [0.3, 0.4) is 0 Å². The van der Waals surface area contributed by atoms with Gasteiger partial charge in [0, 0.05) is 5.57 Å². The van der Waals surface area contributed by atoms with Crippen LogP contribution in [0.25, 0.3) is 0 Å². The third-order valence-corrected chi connectivity index (χ3v) is 3.05. The Balaban J connectivity index is 2.86. The molecular formula is C13H22O. The van der Waals surface area contributed by atoms with Crippen LogP contribution in [0.15, 0.2) is 16.9 Å². The molecule has 0 aliphatic heterocycles. The van der Waals surface area contributed by atoms with E-state index in [1.165, 1.54) is 18.4 Å². The monoisotopic (exact) mass is 194 g/mol. The molecule has 0 radical (unpaired) electrons. The first-order valence-electron chi connectivity index (χ1n) is 5.75. The maximum Gasteiger partial charge on any atom is 0.0823 e. The molecule has 0 bridgehead atoms. The zero-order valence-electron chi connectivity index (χ0n) is 9.64. The highest BCUT2D eigenvalue weighted by molar-refractivity contribution is 5.13. The van der Waals surface area contributed by atoms with E-state index in [1.807, 2.05) is 0 Å². The van der Waals surface area contributed by atoms with Crippen LogP contribution in [0, 0.1) is 5.92 Å².